The smallest absolute Gasteiger partial charge is 0.255 e. The number of hydrogen-bond acceptors (Lipinski definition) is 7. The van der Waals surface area contributed by atoms with Gasteiger partial charge in [0, 0.05) is 37.0 Å². The van der Waals surface area contributed by atoms with Crippen LogP contribution in [0.5, 0.6) is 11.5 Å². The molecule has 1 saturated heterocycles. The zero-order valence-corrected chi connectivity index (χ0v) is 18.7. The molecule has 0 radical (unpaired) electrons. The summed E-state index contributed by atoms with van der Waals surface area (Å²) in [5, 5.41) is 9.48. The van der Waals surface area contributed by atoms with Crippen LogP contribution in [0.15, 0.2) is 36.7 Å². The van der Waals surface area contributed by atoms with Crippen molar-refractivity contribution < 1.29 is 23.4 Å². The van der Waals surface area contributed by atoms with E-state index < -0.39 is 5.82 Å². The van der Waals surface area contributed by atoms with Gasteiger partial charge in [-0.1, -0.05) is 6.07 Å². The van der Waals surface area contributed by atoms with Gasteiger partial charge in [-0.3, -0.25) is 9.78 Å². The molecule has 2 aliphatic rings. The third-order valence-corrected chi connectivity index (χ3v) is 5.89. The van der Waals surface area contributed by atoms with Crippen molar-refractivity contribution in [1.29, 1.82) is 0 Å². The van der Waals surface area contributed by atoms with Gasteiger partial charge in [-0.15, -0.1) is 0 Å². The third kappa shape index (κ3) is 4.29. The molecule has 0 bridgehead atoms. The average molecular weight is 468 g/mol. The van der Waals surface area contributed by atoms with Gasteiger partial charge in [0.15, 0.2) is 11.6 Å². The number of pyridine rings is 1. The number of carbonyl (C=O) groups is 1. The highest BCUT2D eigenvalue weighted by atomic mass is 19.1. The number of carbonyl (C=O) groups excluding carboxylic acids is 1. The number of methoxy groups -OCH3 is 1. The molecular weight excluding hydrogens is 441 g/mol. The number of rotatable bonds is 7. The molecule has 1 atom stereocenters. The summed E-state index contributed by atoms with van der Waals surface area (Å²) in [6.07, 6.45) is 3.95. The van der Waals surface area contributed by atoms with Gasteiger partial charge in [0.1, 0.15) is 12.4 Å². The molecule has 4 heterocycles. The summed E-state index contributed by atoms with van der Waals surface area (Å²) in [6, 6.07) is 6.49. The van der Waals surface area contributed by atoms with E-state index in [9.17, 15) is 9.18 Å². The first-order valence-corrected chi connectivity index (χ1v) is 11.2. The number of fused-ring (bicyclic) bond motifs is 1. The second-order valence-electron chi connectivity index (χ2n) is 8.09. The van der Waals surface area contributed by atoms with Gasteiger partial charge in [0.25, 0.3) is 5.91 Å². The molecule has 5 rings (SSSR count). The van der Waals surface area contributed by atoms with E-state index in [0.717, 1.165) is 17.8 Å². The number of halogens is 1. The van der Waals surface area contributed by atoms with Crippen LogP contribution >= 0.6 is 0 Å². The van der Waals surface area contributed by atoms with Gasteiger partial charge in [-0.25, -0.2) is 4.39 Å². The van der Waals surface area contributed by atoms with Crippen molar-refractivity contribution in [2.75, 3.05) is 45.3 Å². The number of aromatic amines is 1. The molecule has 178 valence electrons. The molecular formula is C24H26FN5O4. The van der Waals surface area contributed by atoms with Crippen molar-refractivity contribution in [3.05, 3.63) is 53.7 Å². The van der Waals surface area contributed by atoms with E-state index in [2.05, 4.69) is 25.9 Å². The Balaban J connectivity index is 1.55. The molecule has 1 unspecified atom stereocenters. The van der Waals surface area contributed by atoms with Crippen LogP contribution in [-0.4, -0.2) is 61.9 Å². The van der Waals surface area contributed by atoms with E-state index in [-0.39, 0.29) is 17.7 Å². The average Bonchev–Trinajstić information content (AvgIpc) is 3.23. The van der Waals surface area contributed by atoms with Crippen LogP contribution in [-0.2, 0) is 11.2 Å². The lowest BCUT2D eigenvalue weighted by molar-refractivity contribution is 0.0593. The number of aromatic nitrogens is 2. The molecule has 1 aromatic carbocycles. The van der Waals surface area contributed by atoms with Crippen LogP contribution < -0.4 is 25.4 Å². The number of benzene rings is 1. The van der Waals surface area contributed by atoms with Crippen LogP contribution in [0.1, 0.15) is 16.1 Å². The van der Waals surface area contributed by atoms with E-state index in [4.69, 9.17) is 14.2 Å². The number of hydrogen-bond donors (Lipinski definition) is 4. The monoisotopic (exact) mass is 467 g/mol. The zero-order valence-electron chi connectivity index (χ0n) is 18.7. The van der Waals surface area contributed by atoms with Crippen molar-refractivity contribution in [3.63, 3.8) is 0 Å². The first-order chi connectivity index (χ1) is 16.7. The molecule has 0 spiro atoms. The topological polar surface area (TPSA) is 110 Å². The second-order valence-corrected chi connectivity index (χ2v) is 8.09. The first kappa shape index (κ1) is 22.2. The molecule has 2 aromatic heterocycles. The van der Waals surface area contributed by atoms with Crippen LogP contribution in [0, 0.1) is 5.82 Å². The number of anilines is 2. The Morgan fingerprint density at radius 3 is 3.03 bits per heavy atom. The van der Waals surface area contributed by atoms with Crippen LogP contribution in [0.25, 0.3) is 11.3 Å². The Hall–Kier alpha value is -3.63. The van der Waals surface area contributed by atoms with Gasteiger partial charge < -0.3 is 35.1 Å². The predicted octanol–water partition coefficient (Wildman–Crippen LogP) is 2.62. The molecule has 34 heavy (non-hydrogen) atoms. The molecule has 0 saturated carbocycles. The first-order valence-electron chi connectivity index (χ1n) is 11.2. The molecule has 0 aliphatic carbocycles. The molecule has 4 N–H and O–H groups in total. The second kappa shape index (κ2) is 9.70. The lowest BCUT2D eigenvalue weighted by atomic mass is 10.0. The summed E-state index contributed by atoms with van der Waals surface area (Å²) in [6.45, 7) is 2.96. The summed E-state index contributed by atoms with van der Waals surface area (Å²) in [7, 11) is 1.40. The maximum atomic E-state index is 14.4. The summed E-state index contributed by atoms with van der Waals surface area (Å²) >= 11 is 0. The number of H-pyrrole nitrogens is 1. The summed E-state index contributed by atoms with van der Waals surface area (Å²) < 4.78 is 31.3. The third-order valence-electron chi connectivity index (χ3n) is 5.89. The van der Waals surface area contributed by atoms with Crippen LogP contribution in [0.2, 0.25) is 0 Å². The van der Waals surface area contributed by atoms with Crippen molar-refractivity contribution in [2.24, 2.45) is 0 Å². The Labute approximate surface area is 196 Å². The van der Waals surface area contributed by atoms with Crippen molar-refractivity contribution >= 4 is 17.3 Å². The quantitative estimate of drug-likeness (QED) is 0.423. The van der Waals surface area contributed by atoms with E-state index in [1.807, 2.05) is 6.07 Å². The fraction of sp³-hybridized carbons (Fsp3) is 0.333. The zero-order chi connectivity index (χ0) is 23.5. The van der Waals surface area contributed by atoms with Gasteiger partial charge in [-0.05, 0) is 18.2 Å². The van der Waals surface area contributed by atoms with Crippen LogP contribution in [0.3, 0.4) is 0 Å². The lowest BCUT2D eigenvalue weighted by Crippen LogP contribution is -2.44. The number of ether oxygens (including phenoxy) is 3. The van der Waals surface area contributed by atoms with Crippen molar-refractivity contribution in [3.8, 4) is 22.8 Å². The van der Waals surface area contributed by atoms with Crippen molar-refractivity contribution in [2.45, 2.75) is 12.5 Å². The van der Waals surface area contributed by atoms with Gasteiger partial charge in [0.2, 0.25) is 0 Å². The van der Waals surface area contributed by atoms with E-state index in [0.29, 0.717) is 61.2 Å². The SMILES string of the molecule is COc1c(F)cccc1Nc1c(-c2ccncc2OCC2COCCN2)[nH]c2c1C(=O)NCC2. The maximum Gasteiger partial charge on any atom is 0.255 e. The van der Waals surface area contributed by atoms with Crippen molar-refractivity contribution in [1.82, 2.24) is 20.6 Å². The Morgan fingerprint density at radius 2 is 2.21 bits per heavy atom. The molecule has 10 heteroatoms. The standard InChI is InChI=1S/C24H26FN5O4/c1-32-23-16(25)3-2-4-18(23)30-22-20-17(6-8-28-24(20)31)29-21(22)15-5-7-26-11-19(15)34-13-14-12-33-10-9-27-14/h2-5,7,11,14,27,29-30H,6,8-10,12-13H2,1H3,(H,28,31). The number of nitrogens with zero attached hydrogens (tertiary/aromatic N) is 1. The number of amides is 1. The highest BCUT2D eigenvalue weighted by molar-refractivity contribution is 6.06. The molecule has 9 nitrogen and oxygen atoms in total. The minimum Gasteiger partial charge on any atom is -0.492 e. The van der Waals surface area contributed by atoms with Gasteiger partial charge >= 0.3 is 0 Å². The van der Waals surface area contributed by atoms with Crippen LogP contribution in [0.4, 0.5) is 15.8 Å². The fourth-order valence-electron chi connectivity index (χ4n) is 4.27. The number of nitrogens with one attached hydrogen (secondary N) is 4. The summed E-state index contributed by atoms with van der Waals surface area (Å²) in [5.74, 6) is -0.0860. The molecule has 2 aliphatic heterocycles. The molecule has 1 fully saturated rings. The maximum absolute atomic E-state index is 14.4. The largest absolute Gasteiger partial charge is 0.492 e. The highest BCUT2D eigenvalue weighted by Crippen LogP contribution is 2.41. The summed E-state index contributed by atoms with van der Waals surface area (Å²) in [5.41, 5.74) is 3.58. The predicted molar refractivity (Wildman–Crippen MR) is 124 cm³/mol. The number of morpholine rings is 1. The molecule has 3 aromatic rings. The minimum atomic E-state index is -0.502. The fourth-order valence-corrected chi connectivity index (χ4v) is 4.27. The molecule has 1 amide bonds. The number of para-hydroxylation sites is 1. The minimum absolute atomic E-state index is 0.0641. The van der Waals surface area contributed by atoms with Gasteiger partial charge in [0.05, 0.1) is 55.2 Å². The Kier molecular flexibility index (Phi) is 6.33. The summed E-state index contributed by atoms with van der Waals surface area (Å²) in [4.78, 5) is 20.5. The van der Waals surface area contributed by atoms with Gasteiger partial charge in [-0.2, -0.15) is 0 Å². The van der Waals surface area contributed by atoms with E-state index in [1.54, 1.807) is 24.5 Å². The lowest BCUT2D eigenvalue weighted by Gasteiger charge is -2.24. The Morgan fingerprint density at radius 1 is 1.29 bits per heavy atom. The van der Waals surface area contributed by atoms with E-state index in [1.165, 1.54) is 13.2 Å². The van der Waals surface area contributed by atoms with E-state index >= 15 is 0 Å². The highest BCUT2D eigenvalue weighted by Gasteiger charge is 2.29. The Bertz CT molecular complexity index is 1190. The normalized spacial score (nSPS) is 17.6.